The molecular weight excluding hydrogens is 410 g/mol. The van der Waals surface area contributed by atoms with Crippen molar-refractivity contribution in [2.45, 2.75) is 32.7 Å². The molecule has 1 heterocycles. The second kappa shape index (κ2) is 8.82. The zero-order valence-electron chi connectivity index (χ0n) is 18.3. The molecule has 0 unspecified atom stereocenters. The smallest absolute Gasteiger partial charge is 0.332 e. The molecular formula is C24H25N3O5. The monoisotopic (exact) mass is 435 g/mol. The zero-order chi connectivity index (χ0) is 22.8. The summed E-state index contributed by atoms with van der Waals surface area (Å²) in [6.07, 6.45) is 3.18. The molecule has 2 aliphatic rings. The Bertz CT molecular complexity index is 1110. The van der Waals surface area contributed by atoms with E-state index in [1.807, 2.05) is 30.1 Å². The minimum absolute atomic E-state index is 0.0410. The number of rotatable bonds is 6. The lowest BCUT2D eigenvalue weighted by Crippen LogP contribution is -2.28. The Morgan fingerprint density at radius 1 is 1.28 bits per heavy atom. The van der Waals surface area contributed by atoms with E-state index in [1.165, 1.54) is 23.8 Å². The number of esters is 1. The molecule has 0 N–H and O–H groups in total. The lowest BCUT2D eigenvalue weighted by atomic mass is 9.77. The van der Waals surface area contributed by atoms with Crippen molar-refractivity contribution in [2.75, 3.05) is 13.7 Å². The highest BCUT2D eigenvalue weighted by Crippen LogP contribution is 2.45. The number of benzene rings is 2. The molecule has 2 aromatic rings. The van der Waals surface area contributed by atoms with Gasteiger partial charge in [0.2, 0.25) is 0 Å². The van der Waals surface area contributed by atoms with Crippen molar-refractivity contribution >= 4 is 17.4 Å². The molecule has 1 aliphatic heterocycles. The number of hydrogen-bond donors (Lipinski definition) is 0. The average Bonchev–Trinajstić information content (AvgIpc) is 3.19. The molecule has 0 radical (unpaired) electrons. The molecule has 0 bridgehead atoms. The topological polar surface area (TPSA) is 94.3 Å². The van der Waals surface area contributed by atoms with Gasteiger partial charge in [0.05, 0.1) is 30.4 Å². The number of aryl methyl sites for hydroxylation is 1. The third-order valence-corrected chi connectivity index (χ3v) is 5.94. The van der Waals surface area contributed by atoms with Crippen LogP contribution in [0.25, 0.3) is 0 Å². The number of ether oxygens (including phenoxy) is 2. The van der Waals surface area contributed by atoms with Crippen molar-refractivity contribution in [3.63, 3.8) is 0 Å². The summed E-state index contributed by atoms with van der Waals surface area (Å²) in [5, 5.41) is 17.9. The van der Waals surface area contributed by atoms with Crippen molar-refractivity contribution in [3.8, 4) is 5.75 Å². The van der Waals surface area contributed by atoms with E-state index in [0.29, 0.717) is 12.3 Å². The van der Waals surface area contributed by atoms with Gasteiger partial charge in [-0.25, -0.2) is 4.79 Å². The van der Waals surface area contributed by atoms with Gasteiger partial charge in [0.25, 0.3) is 5.69 Å². The second-order valence-electron chi connectivity index (χ2n) is 7.83. The van der Waals surface area contributed by atoms with Gasteiger partial charge in [0.15, 0.2) is 0 Å². The Balaban J connectivity index is 1.77. The molecule has 8 nitrogen and oxygen atoms in total. The summed E-state index contributed by atoms with van der Waals surface area (Å²) >= 11 is 0. The first-order valence-electron chi connectivity index (χ1n) is 10.6. The minimum atomic E-state index is -0.423. The molecule has 0 fully saturated rings. The molecule has 166 valence electrons. The molecule has 4 rings (SSSR count). The summed E-state index contributed by atoms with van der Waals surface area (Å²) in [4.78, 5) is 22.8. The molecule has 0 saturated carbocycles. The summed E-state index contributed by atoms with van der Waals surface area (Å²) in [5.41, 5.74) is 4.81. The number of methoxy groups -OCH3 is 1. The summed E-state index contributed by atoms with van der Waals surface area (Å²) in [6.45, 7) is 3.88. The quantitative estimate of drug-likeness (QED) is 0.289. The number of non-ortho nitro benzene ring substituents is 1. The predicted octanol–water partition coefficient (Wildman–Crippen LogP) is 4.39. The number of carbonyl (C=O) groups is 1. The van der Waals surface area contributed by atoms with E-state index in [1.54, 1.807) is 26.2 Å². The first kappa shape index (κ1) is 21.5. The fourth-order valence-electron chi connectivity index (χ4n) is 4.47. The van der Waals surface area contributed by atoms with Crippen LogP contribution in [0.4, 0.5) is 5.69 Å². The maximum Gasteiger partial charge on any atom is 0.332 e. The van der Waals surface area contributed by atoms with E-state index >= 15 is 0 Å². The Hall–Kier alpha value is -3.68. The number of fused-ring (bicyclic) bond motifs is 3. The zero-order valence-corrected chi connectivity index (χ0v) is 18.3. The first-order valence-corrected chi connectivity index (χ1v) is 10.6. The maximum absolute atomic E-state index is 12.1. The molecule has 8 heteroatoms. The van der Waals surface area contributed by atoms with Gasteiger partial charge in [-0.2, -0.15) is 5.10 Å². The van der Waals surface area contributed by atoms with Gasteiger partial charge in [0, 0.05) is 35.4 Å². The van der Waals surface area contributed by atoms with Crippen LogP contribution in [0.2, 0.25) is 0 Å². The maximum atomic E-state index is 12.1. The molecule has 0 saturated heterocycles. The van der Waals surface area contributed by atoms with E-state index in [2.05, 4.69) is 0 Å². The lowest BCUT2D eigenvalue weighted by molar-refractivity contribution is -0.384. The highest BCUT2D eigenvalue weighted by molar-refractivity contribution is 6.06. The van der Waals surface area contributed by atoms with Gasteiger partial charge >= 0.3 is 5.97 Å². The highest BCUT2D eigenvalue weighted by Gasteiger charge is 2.42. The van der Waals surface area contributed by atoms with Crippen LogP contribution in [0, 0.1) is 16.0 Å². The van der Waals surface area contributed by atoms with Crippen LogP contribution >= 0.6 is 0 Å². The molecule has 32 heavy (non-hydrogen) atoms. The summed E-state index contributed by atoms with van der Waals surface area (Å²) in [6, 6.07) is 12.4. The number of allylic oxidation sites excluding steroid dienone is 1. The molecule has 1 aliphatic carbocycles. The van der Waals surface area contributed by atoms with Crippen molar-refractivity contribution in [3.05, 3.63) is 81.0 Å². The number of hydrazone groups is 1. The van der Waals surface area contributed by atoms with E-state index in [0.717, 1.165) is 35.4 Å². The average molecular weight is 435 g/mol. The van der Waals surface area contributed by atoms with Gasteiger partial charge in [-0.1, -0.05) is 12.1 Å². The fourth-order valence-corrected chi connectivity index (χ4v) is 4.47. The second-order valence-corrected chi connectivity index (χ2v) is 7.83. The van der Waals surface area contributed by atoms with Gasteiger partial charge in [-0.05, 0) is 56.0 Å². The van der Waals surface area contributed by atoms with Crippen LogP contribution in [0.15, 0.2) is 59.3 Å². The Labute approximate surface area is 186 Å². The SMILES string of the molecule is CCOC(=O)/C=C(\C)N1N=C2c3ccc(OC)cc3CC[C@@H]2[C@H]1c1ccc([N+](=O)[O-])cc1. The minimum Gasteiger partial charge on any atom is -0.497 e. The largest absolute Gasteiger partial charge is 0.497 e. The Morgan fingerprint density at radius 2 is 2.03 bits per heavy atom. The van der Waals surface area contributed by atoms with Gasteiger partial charge in [-0.15, -0.1) is 0 Å². The summed E-state index contributed by atoms with van der Waals surface area (Å²) < 4.78 is 10.4. The van der Waals surface area contributed by atoms with E-state index in [4.69, 9.17) is 14.6 Å². The van der Waals surface area contributed by atoms with Crippen LogP contribution in [-0.2, 0) is 16.0 Å². The highest BCUT2D eigenvalue weighted by atomic mass is 16.6. The molecule has 0 spiro atoms. The van der Waals surface area contributed by atoms with Gasteiger partial charge < -0.3 is 9.47 Å². The molecule has 0 aromatic heterocycles. The van der Waals surface area contributed by atoms with Crippen LogP contribution in [0.5, 0.6) is 5.75 Å². The van der Waals surface area contributed by atoms with Crippen LogP contribution in [0.1, 0.15) is 43.0 Å². The normalized spacial score (nSPS) is 19.7. The fraction of sp³-hybridized carbons (Fsp3) is 0.333. The number of carbonyl (C=O) groups excluding carboxylic acids is 1. The van der Waals surface area contributed by atoms with Gasteiger partial charge in [-0.3, -0.25) is 15.1 Å². The van der Waals surface area contributed by atoms with E-state index in [-0.39, 0.29) is 17.6 Å². The lowest BCUT2D eigenvalue weighted by Gasteiger charge is -2.31. The predicted molar refractivity (Wildman–Crippen MR) is 119 cm³/mol. The number of nitrogens with zero attached hydrogens (tertiary/aromatic N) is 3. The Morgan fingerprint density at radius 3 is 2.69 bits per heavy atom. The number of nitro groups is 1. The molecule has 2 aromatic carbocycles. The van der Waals surface area contributed by atoms with E-state index < -0.39 is 10.9 Å². The third kappa shape index (κ3) is 3.95. The van der Waals surface area contributed by atoms with Crippen molar-refractivity contribution in [1.29, 1.82) is 0 Å². The van der Waals surface area contributed by atoms with Crippen molar-refractivity contribution < 1.29 is 19.2 Å². The van der Waals surface area contributed by atoms with Crippen LogP contribution < -0.4 is 4.74 Å². The van der Waals surface area contributed by atoms with Crippen LogP contribution in [-0.4, -0.2) is 35.3 Å². The van der Waals surface area contributed by atoms with Crippen LogP contribution in [0.3, 0.4) is 0 Å². The standard InChI is InChI=1S/C24H25N3O5/c1-4-32-22(28)13-15(2)26-24(16-5-8-18(9-6-16)27(29)30)21-11-7-17-14-19(31-3)10-12-20(17)23(21)25-26/h5-6,8-10,12-14,21,24H,4,7,11H2,1-3H3/b15-13+/t21-,24+/m0/s1. The Kier molecular flexibility index (Phi) is 5.94. The summed E-state index contributed by atoms with van der Waals surface area (Å²) in [5.74, 6) is 0.471. The third-order valence-electron chi connectivity index (χ3n) is 5.94. The molecule has 2 atom stereocenters. The van der Waals surface area contributed by atoms with Gasteiger partial charge in [0.1, 0.15) is 5.75 Å². The first-order chi connectivity index (χ1) is 15.4. The molecule has 0 amide bonds. The number of nitro benzene ring substituents is 1. The van der Waals surface area contributed by atoms with E-state index in [9.17, 15) is 14.9 Å². The summed E-state index contributed by atoms with van der Waals surface area (Å²) in [7, 11) is 1.65. The van der Waals surface area contributed by atoms with Crippen molar-refractivity contribution in [2.24, 2.45) is 11.0 Å². The van der Waals surface area contributed by atoms with Crippen molar-refractivity contribution in [1.82, 2.24) is 5.01 Å². The number of hydrogen-bond acceptors (Lipinski definition) is 7.